The molecule has 0 spiro atoms. The summed E-state index contributed by atoms with van der Waals surface area (Å²) >= 11 is 0. The molecule has 0 radical (unpaired) electrons. The monoisotopic (exact) mass is 422 g/mol. The molecule has 1 aromatic rings. The minimum absolute atomic E-state index is 0.0460. The van der Waals surface area contributed by atoms with Crippen molar-refractivity contribution < 1.29 is 46.6 Å². The molecule has 14 heteroatoms. The van der Waals surface area contributed by atoms with Gasteiger partial charge in [-0.2, -0.15) is 8.42 Å². The Labute approximate surface area is 158 Å². The van der Waals surface area contributed by atoms with Crippen LogP contribution in [0.5, 0.6) is 5.75 Å². The number of hydrogen-bond donors (Lipinski definition) is 4. The van der Waals surface area contributed by atoms with Crippen LogP contribution >= 0.6 is 0 Å². The molecule has 0 aliphatic carbocycles. The fourth-order valence-electron chi connectivity index (χ4n) is 2.59. The Bertz CT molecular complexity index is 813. The van der Waals surface area contributed by atoms with Gasteiger partial charge in [0.25, 0.3) is 5.69 Å². The molecule has 5 atom stereocenters. The molecule has 1 aliphatic heterocycles. The first-order valence-corrected chi connectivity index (χ1v) is 9.16. The molecule has 1 amide bonds. The first-order chi connectivity index (χ1) is 13.0. The zero-order valence-electron chi connectivity index (χ0n) is 14.4. The van der Waals surface area contributed by atoms with Crippen LogP contribution in [0.3, 0.4) is 0 Å². The maximum absolute atomic E-state index is 11.5. The average molecular weight is 422 g/mol. The molecule has 1 saturated heterocycles. The number of amides is 1. The van der Waals surface area contributed by atoms with E-state index in [1.807, 2.05) is 0 Å². The van der Waals surface area contributed by atoms with E-state index < -0.39 is 58.5 Å². The van der Waals surface area contributed by atoms with Gasteiger partial charge in [-0.15, -0.1) is 0 Å². The maximum Gasteiger partial charge on any atom is 0.397 e. The summed E-state index contributed by atoms with van der Waals surface area (Å²) in [6, 6.07) is 3.30. The third kappa shape index (κ3) is 5.57. The van der Waals surface area contributed by atoms with Gasteiger partial charge in [-0.25, -0.2) is 4.18 Å². The number of nitrogens with one attached hydrogen (secondary N) is 1. The van der Waals surface area contributed by atoms with E-state index in [1.54, 1.807) is 0 Å². The number of ether oxygens (including phenoxy) is 2. The minimum atomic E-state index is -5.05. The van der Waals surface area contributed by atoms with Crippen LogP contribution in [0.15, 0.2) is 24.3 Å². The first-order valence-electron chi connectivity index (χ1n) is 7.80. The molecule has 156 valence electrons. The van der Waals surface area contributed by atoms with E-state index in [-0.39, 0.29) is 11.4 Å². The van der Waals surface area contributed by atoms with Gasteiger partial charge in [0.1, 0.15) is 30.1 Å². The Morgan fingerprint density at radius 1 is 1.36 bits per heavy atom. The third-order valence-electron chi connectivity index (χ3n) is 3.76. The van der Waals surface area contributed by atoms with Gasteiger partial charge in [0.15, 0.2) is 0 Å². The Morgan fingerprint density at radius 3 is 2.43 bits per heavy atom. The van der Waals surface area contributed by atoms with Crippen molar-refractivity contribution in [3.8, 4) is 5.75 Å². The fourth-order valence-corrected chi connectivity index (χ4v) is 3.11. The summed E-state index contributed by atoms with van der Waals surface area (Å²) in [6.07, 6.45) is -6.36. The fraction of sp³-hybridized carbons (Fsp3) is 0.500. The molecule has 1 heterocycles. The highest BCUT2D eigenvalue weighted by Gasteiger charge is 2.49. The van der Waals surface area contributed by atoms with Crippen molar-refractivity contribution in [1.82, 2.24) is 5.32 Å². The lowest BCUT2D eigenvalue weighted by Gasteiger charge is -2.43. The minimum Gasteiger partial charge on any atom is -0.463 e. The number of aliphatic hydroxyl groups is 2. The normalized spacial score (nSPS) is 27.8. The van der Waals surface area contributed by atoms with Crippen molar-refractivity contribution >= 4 is 22.0 Å². The Balaban J connectivity index is 2.33. The summed E-state index contributed by atoms with van der Waals surface area (Å²) in [6.45, 7) is 0.331. The van der Waals surface area contributed by atoms with Gasteiger partial charge in [0, 0.05) is 19.1 Å². The van der Waals surface area contributed by atoms with Gasteiger partial charge in [-0.3, -0.25) is 19.5 Å². The molecular formula is C14H18N2O11S. The molecule has 1 aromatic carbocycles. The van der Waals surface area contributed by atoms with Crippen LogP contribution in [0.2, 0.25) is 0 Å². The van der Waals surface area contributed by atoms with Gasteiger partial charge in [-0.05, 0) is 12.1 Å². The SMILES string of the molecule is CC(=O)N[C@H]1[C@H](Oc2ccc([N+](=O)[O-])cc2)O[C@H](CO)[C@H](O)[C@@H]1OS(=O)(=O)O. The highest BCUT2D eigenvalue weighted by Crippen LogP contribution is 2.28. The summed E-state index contributed by atoms with van der Waals surface area (Å²) in [5.74, 6) is -0.617. The standard InChI is InChI=1S/C14H18N2O11S/c1-7(18)15-11-13(27-28(22,23)24)12(19)10(6-17)26-14(11)25-9-4-2-8(3-5-9)16(20)21/h2-5,10-14,17,19H,6H2,1H3,(H,15,18)(H,22,23,24)/t10-,11-,12+,13-,14-/m1/s1. The number of nitrogens with zero attached hydrogens (tertiary/aromatic N) is 1. The van der Waals surface area contributed by atoms with Crippen molar-refractivity contribution in [2.24, 2.45) is 0 Å². The van der Waals surface area contributed by atoms with E-state index in [4.69, 9.17) is 14.0 Å². The van der Waals surface area contributed by atoms with E-state index in [0.717, 1.165) is 19.1 Å². The van der Waals surface area contributed by atoms with E-state index >= 15 is 0 Å². The number of aliphatic hydroxyl groups excluding tert-OH is 2. The highest BCUT2D eigenvalue weighted by atomic mass is 32.3. The molecule has 0 saturated carbocycles. The zero-order valence-corrected chi connectivity index (χ0v) is 15.2. The second-order valence-corrected chi connectivity index (χ2v) is 6.85. The molecule has 4 N–H and O–H groups in total. The second-order valence-electron chi connectivity index (χ2n) is 5.80. The van der Waals surface area contributed by atoms with Crippen LogP contribution in [-0.4, -0.2) is 71.3 Å². The van der Waals surface area contributed by atoms with Crippen molar-refractivity contribution in [2.75, 3.05) is 6.61 Å². The highest BCUT2D eigenvalue weighted by molar-refractivity contribution is 7.80. The smallest absolute Gasteiger partial charge is 0.397 e. The molecule has 0 bridgehead atoms. The van der Waals surface area contributed by atoms with Crippen molar-refractivity contribution in [3.05, 3.63) is 34.4 Å². The molecule has 2 rings (SSSR count). The van der Waals surface area contributed by atoms with Crippen molar-refractivity contribution in [1.29, 1.82) is 0 Å². The van der Waals surface area contributed by atoms with E-state index in [9.17, 15) is 33.5 Å². The summed E-state index contributed by atoms with van der Waals surface area (Å²) < 4.78 is 46.6. The number of nitro benzene ring substituents is 1. The number of non-ortho nitro benzene ring substituents is 1. The number of rotatable bonds is 7. The lowest BCUT2D eigenvalue weighted by atomic mass is 9.97. The number of carbonyl (C=O) groups excluding carboxylic acids is 1. The summed E-state index contributed by atoms with van der Waals surface area (Å²) in [7, 11) is -5.05. The van der Waals surface area contributed by atoms with Gasteiger partial charge >= 0.3 is 10.4 Å². The van der Waals surface area contributed by atoms with Crippen LogP contribution in [-0.2, 0) is 24.1 Å². The van der Waals surface area contributed by atoms with Crippen LogP contribution < -0.4 is 10.1 Å². The Morgan fingerprint density at radius 2 is 1.96 bits per heavy atom. The molecule has 1 aliphatic rings. The van der Waals surface area contributed by atoms with Crippen LogP contribution in [0.4, 0.5) is 5.69 Å². The lowest BCUT2D eigenvalue weighted by molar-refractivity contribution is -0.384. The molecular weight excluding hydrogens is 404 g/mol. The van der Waals surface area contributed by atoms with Gasteiger partial charge in [-0.1, -0.05) is 0 Å². The van der Waals surface area contributed by atoms with E-state index in [1.165, 1.54) is 12.1 Å². The van der Waals surface area contributed by atoms with Crippen LogP contribution in [0.25, 0.3) is 0 Å². The van der Waals surface area contributed by atoms with Gasteiger partial charge in [0.05, 0.1) is 11.5 Å². The Kier molecular flexibility index (Phi) is 6.87. The summed E-state index contributed by atoms with van der Waals surface area (Å²) in [5.41, 5.74) is -0.216. The van der Waals surface area contributed by atoms with E-state index in [2.05, 4.69) is 9.50 Å². The quantitative estimate of drug-likeness (QED) is 0.233. The summed E-state index contributed by atoms with van der Waals surface area (Å²) in [5, 5.41) is 32.5. The lowest BCUT2D eigenvalue weighted by Crippen LogP contribution is -2.66. The first kappa shape index (κ1) is 21.9. The third-order valence-corrected chi connectivity index (χ3v) is 4.22. The predicted molar refractivity (Wildman–Crippen MR) is 89.5 cm³/mol. The predicted octanol–water partition coefficient (Wildman–Crippen LogP) is -1.26. The number of nitro groups is 1. The van der Waals surface area contributed by atoms with Crippen molar-refractivity contribution in [3.63, 3.8) is 0 Å². The number of hydrogen-bond acceptors (Lipinski definition) is 10. The summed E-state index contributed by atoms with van der Waals surface area (Å²) in [4.78, 5) is 21.6. The largest absolute Gasteiger partial charge is 0.463 e. The van der Waals surface area contributed by atoms with E-state index in [0.29, 0.717) is 0 Å². The second kappa shape index (κ2) is 8.76. The zero-order chi connectivity index (χ0) is 21.1. The number of benzene rings is 1. The van der Waals surface area contributed by atoms with Gasteiger partial charge in [0.2, 0.25) is 12.2 Å². The van der Waals surface area contributed by atoms with Crippen LogP contribution in [0, 0.1) is 10.1 Å². The van der Waals surface area contributed by atoms with Crippen molar-refractivity contribution in [2.45, 2.75) is 37.6 Å². The molecule has 13 nitrogen and oxygen atoms in total. The maximum atomic E-state index is 11.5. The number of carbonyl (C=O) groups is 1. The van der Waals surface area contributed by atoms with Crippen LogP contribution in [0.1, 0.15) is 6.92 Å². The molecule has 0 unspecified atom stereocenters. The topological polar surface area (TPSA) is 195 Å². The Hall–Kier alpha value is -2.36. The van der Waals surface area contributed by atoms with Gasteiger partial charge < -0.3 is 25.0 Å². The molecule has 0 aromatic heterocycles. The molecule has 28 heavy (non-hydrogen) atoms. The average Bonchev–Trinajstić information content (AvgIpc) is 2.59. The molecule has 1 fully saturated rings.